The summed E-state index contributed by atoms with van der Waals surface area (Å²) < 4.78 is 0. The molecule has 1 heterocycles. The Balaban J connectivity index is 1.51. The topological polar surface area (TPSA) is 60.9 Å². The van der Waals surface area contributed by atoms with Crippen LogP contribution in [0.5, 0.6) is 5.75 Å². The molecule has 1 saturated carbocycles. The summed E-state index contributed by atoms with van der Waals surface area (Å²) in [5, 5.41) is 13.8. The zero-order valence-corrected chi connectivity index (χ0v) is 14.9. The van der Waals surface area contributed by atoms with Crippen molar-refractivity contribution in [1.29, 1.82) is 0 Å². The monoisotopic (exact) mass is 339 g/mol. The van der Waals surface area contributed by atoms with Gasteiger partial charge >= 0.3 is 0 Å². The second kappa shape index (κ2) is 7.61. The number of aryl methyl sites for hydroxylation is 1. The average Bonchev–Trinajstić information content (AvgIpc) is 3.15. The Morgan fingerprint density at radius 3 is 2.84 bits per heavy atom. The summed E-state index contributed by atoms with van der Waals surface area (Å²) in [6.07, 6.45) is 13.8. The number of aromatic amines is 1. The van der Waals surface area contributed by atoms with Crippen LogP contribution in [0.4, 0.5) is 0 Å². The Kier molecular flexibility index (Phi) is 5.07. The highest BCUT2D eigenvalue weighted by Crippen LogP contribution is 2.36. The first-order chi connectivity index (χ1) is 12.3. The molecule has 0 spiro atoms. The number of H-pyrrole nitrogens is 1. The summed E-state index contributed by atoms with van der Waals surface area (Å²) in [6.45, 7) is 1.15. The van der Waals surface area contributed by atoms with Crippen LogP contribution in [0.15, 0.2) is 30.7 Å². The Bertz CT molecular complexity index is 676. The van der Waals surface area contributed by atoms with E-state index in [1.165, 1.54) is 48.9 Å². The largest absolute Gasteiger partial charge is 0.508 e. The van der Waals surface area contributed by atoms with Gasteiger partial charge in [0.1, 0.15) is 5.75 Å². The number of nitrogens with zero attached hydrogens (tertiary/aromatic N) is 1. The zero-order valence-electron chi connectivity index (χ0n) is 14.9. The van der Waals surface area contributed by atoms with Crippen LogP contribution in [0.3, 0.4) is 0 Å². The number of imidazole rings is 1. The summed E-state index contributed by atoms with van der Waals surface area (Å²) in [4.78, 5) is 7.45. The molecule has 1 aromatic carbocycles. The molecule has 2 unspecified atom stereocenters. The summed E-state index contributed by atoms with van der Waals surface area (Å²) in [7, 11) is 0. The standard InChI is InChI=1S/C21H29N3O/c25-18-7-8-19-16(10-18)6-9-21(20(19)11-17-13-22-14-24-17)23-12-15-4-2-1-3-5-15/h7-8,10,13-15,20-21,23,25H,1-6,9,11-12H2,(H,22,24). The Hall–Kier alpha value is -1.81. The molecular weight excluding hydrogens is 310 g/mol. The fraction of sp³-hybridized carbons (Fsp3) is 0.571. The quantitative estimate of drug-likeness (QED) is 0.773. The van der Waals surface area contributed by atoms with Crippen molar-refractivity contribution < 1.29 is 5.11 Å². The van der Waals surface area contributed by atoms with Gasteiger partial charge in [-0.15, -0.1) is 0 Å². The first-order valence-corrected chi connectivity index (χ1v) is 9.82. The molecule has 2 aliphatic rings. The van der Waals surface area contributed by atoms with Crippen LogP contribution in [-0.2, 0) is 12.8 Å². The lowest BCUT2D eigenvalue weighted by molar-refractivity contribution is 0.300. The molecule has 0 radical (unpaired) electrons. The van der Waals surface area contributed by atoms with Gasteiger partial charge in [0.25, 0.3) is 0 Å². The van der Waals surface area contributed by atoms with Crippen LogP contribution >= 0.6 is 0 Å². The molecule has 3 N–H and O–H groups in total. The van der Waals surface area contributed by atoms with Gasteiger partial charge in [0, 0.05) is 23.9 Å². The van der Waals surface area contributed by atoms with Gasteiger partial charge in [-0.2, -0.15) is 0 Å². The fourth-order valence-electron chi connectivity index (χ4n) is 4.74. The van der Waals surface area contributed by atoms with E-state index in [0.717, 1.165) is 31.7 Å². The van der Waals surface area contributed by atoms with Gasteiger partial charge in [-0.1, -0.05) is 25.3 Å². The van der Waals surface area contributed by atoms with Crippen LogP contribution in [0, 0.1) is 5.92 Å². The molecule has 2 aromatic rings. The highest BCUT2D eigenvalue weighted by atomic mass is 16.3. The number of rotatable bonds is 5. The van der Waals surface area contributed by atoms with Crippen LogP contribution in [0.1, 0.15) is 61.3 Å². The predicted octanol–water partition coefficient (Wildman–Crippen LogP) is 3.93. The second-order valence-corrected chi connectivity index (χ2v) is 7.83. The highest BCUT2D eigenvalue weighted by Gasteiger charge is 2.30. The van der Waals surface area contributed by atoms with Crippen molar-refractivity contribution in [1.82, 2.24) is 15.3 Å². The number of hydrogen-bond donors (Lipinski definition) is 3. The van der Waals surface area contributed by atoms with E-state index in [4.69, 9.17) is 0 Å². The molecule has 0 aliphatic heterocycles. The average molecular weight is 339 g/mol. The molecule has 2 atom stereocenters. The van der Waals surface area contributed by atoms with Gasteiger partial charge in [-0.05, 0) is 67.8 Å². The van der Waals surface area contributed by atoms with Crippen molar-refractivity contribution in [2.45, 2.75) is 63.3 Å². The third-order valence-electron chi connectivity index (χ3n) is 6.12. The highest BCUT2D eigenvalue weighted by molar-refractivity contribution is 5.40. The number of hydrogen-bond acceptors (Lipinski definition) is 3. The number of phenols is 1. The van der Waals surface area contributed by atoms with Gasteiger partial charge in [0.15, 0.2) is 0 Å². The minimum Gasteiger partial charge on any atom is -0.508 e. The third kappa shape index (κ3) is 3.90. The van der Waals surface area contributed by atoms with Crippen LogP contribution in [0.2, 0.25) is 0 Å². The van der Waals surface area contributed by atoms with E-state index in [1.807, 2.05) is 18.3 Å². The molecular formula is C21H29N3O. The smallest absolute Gasteiger partial charge is 0.115 e. The van der Waals surface area contributed by atoms with Gasteiger partial charge in [-0.3, -0.25) is 0 Å². The number of phenolic OH excluding ortho intramolecular Hbond substituents is 1. The van der Waals surface area contributed by atoms with E-state index in [-0.39, 0.29) is 0 Å². The van der Waals surface area contributed by atoms with Crippen LogP contribution in [-0.4, -0.2) is 27.7 Å². The number of nitrogens with one attached hydrogen (secondary N) is 2. The normalized spacial score (nSPS) is 24.2. The lowest BCUT2D eigenvalue weighted by atomic mass is 9.76. The number of aromatic nitrogens is 2. The SMILES string of the molecule is Oc1ccc2c(c1)CCC(NCC1CCCCC1)C2Cc1cnc[nH]1. The molecule has 4 rings (SSSR count). The van der Waals surface area contributed by atoms with Crippen LogP contribution < -0.4 is 5.32 Å². The van der Waals surface area contributed by atoms with Crippen molar-refractivity contribution in [2.24, 2.45) is 5.92 Å². The molecule has 1 fully saturated rings. The predicted molar refractivity (Wildman–Crippen MR) is 99.8 cm³/mol. The maximum Gasteiger partial charge on any atom is 0.115 e. The van der Waals surface area contributed by atoms with Gasteiger partial charge in [0.05, 0.1) is 6.33 Å². The van der Waals surface area contributed by atoms with Crippen molar-refractivity contribution in [3.8, 4) is 5.75 Å². The minimum absolute atomic E-state index is 0.382. The van der Waals surface area contributed by atoms with Crippen molar-refractivity contribution in [3.63, 3.8) is 0 Å². The molecule has 4 nitrogen and oxygen atoms in total. The summed E-state index contributed by atoms with van der Waals surface area (Å²) in [5.41, 5.74) is 3.88. The first-order valence-electron chi connectivity index (χ1n) is 9.82. The number of fused-ring (bicyclic) bond motifs is 1. The lowest BCUT2D eigenvalue weighted by Crippen LogP contribution is -2.41. The molecule has 0 amide bonds. The van der Waals surface area contributed by atoms with E-state index in [1.54, 1.807) is 6.33 Å². The van der Waals surface area contributed by atoms with Gasteiger partial charge in [0.2, 0.25) is 0 Å². The first kappa shape index (κ1) is 16.6. The molecule has 1 aromatic heterocycles. The van der Waals surface area contributed by atoms with Crippen molar-refractivity contribution in [3.05, 3.63) is 47.5 Å². The second-order valence-electron chi connectivity index (χ2n) is 7.83. The molecule has 0 bridgehead atoms. The molecule has 25 heavy (non-hydrogen) atoms. The van der Waals surface area contributed by atoms with Gasteiger partial charge in [-0.25, -0.2) is 4.98 Å². The minimum atomic E-state index is 0.382. The third-order valence-corrected chi connectivity index (χ3v) is 6.12. The maximum atomic E-state index is 9.84. The number of aromatic hydroxyl groups is 1. The Labute approximate surface area is 150 Å². The fourth-order valence-corrected chi connectivity index (χ4v) is 4.74. The molecule has 4 heteroatoms. The van der Waals surface area contributed by atoms with E-state index in [2.05, 4.69) is 21.4 Å². The molecule has 2 aliphatic carbocycles. The Morgan fingerprint density at radius 2 is 2.04 bits per heavy atom. The van der Waals surface area contributed by atoms with Gasteiger partial charge < -0.3 is 15.4 Å². The Morgan fingerprint density at radius 1 is 1.16 bits per heavy atom. The summed E-state index contributed by atoms with van der Waals surface area (Å²) >= 11 is 0. The van der Waals surface area contributed by atoms with E-state index in [0.29, 0.717) is 17.7 Å². The summed E-state index contributed by atoms with van der Waals surface area (Å²) in [5.74, 6) is 1.67. The van der Waals surface area contributed by atoms with Crippen molar-refractivity contribution >= 4 is 0 Å². The number of benzene rings is 1. The van der Waals surface area contributed by atoms with E-state index < -0.39 is 0 Å². The molecule has 0 saturated heterocycles. The van der Waals surface area contributed by atoms with E-state index >= 15 is 0 Å². The summed E-state index contributed by atoms with van der Waals surface area (Å²) in [6, 6.07) is 6.41. The van der Waals surface area contributed by atoms with E-state index in [9.17, 15) is 5.11 Å². The maximum absolute atomic E-state index is 9.84. The van der Waals surface area contributed by atoms with Crippen LogP contribution in [0.25, 0.3) is 0 Å². The zero-order chi connectivity index (χ0) is 17.1. The van der Waals surface area contributed by atoms with Crippen molar-refractivity contribution in [2.75, 3.05) is 6.54 Å². The lowest BCUT2D eigenvalue weighted by Gasteiger charge is -2.36. The molecule has 134 valence electrons.